The van der Waals surface area contributed by atoms with Crippen molar-refractivity contribution in [1.29, 1.82) is 0 Å². The molecular weight excluding hydrogens is 318 g/mol. The van der Waals surface area contributed by atoms with Gasteiger partial charge in [0.05, 0.1) is 10.7 Å². The highest BCUT2D eigenvalue weighted by atomic mass is 35.5. The lowest BCUT2D eigenvalue weighted by Crippen LogP contribution is -2.10. The van der Waals surface area contributed by atoms with Gasteiger partial charge in [-0.1, -0.05) is 36.0 Å². The molecule has 0 atom stereocenters. The highest BCUT2D eigenvalue weighted by molar-refractivity contribution is 7.80. The fourth-order valence-corrected chi connectivity index (χ4v) is 2.23. The molecule has 0 spiro atoms. The van der Waals surface area contributed by atoms with Crippen molar-refractivity contribution in [2.75, 3.05) is 5.32 Å². The fraction of sp³-hybridized carbons (Fsp3) is 0.0714. The summed E-state index contributed by atoms with van der Waals surface area (Å²) in [5.41, 5.74) is 7.07. The number of rotatable bonds is 5. The van der Waals surface area contributed by atoms with E-state index in [4.69, 9.17) is 29.6 Å². The summed E-state index contributed by atoms with van der Waals surface area (Å²) in [5.74, 6) is 0.0436. The molecule has 0 aliphatic heterocycles. The van der Waals surface area contributed by atoms with Gasteiger partial charge in [0.25, 0.3) is 0 Å². The number of nitrogens with two attached hydrogens (primary N) is 1. The van der Waals surface area contributed by atoms with Gasteiger partial charge in [0, 0.05) is 11.3 Å². The molecule has 2 rings (SSSR count). The number of alkyl halides is 2. The molecular formula is C14H11ClF2N2OS. The number of ether oxygens (including phenoxy) is 1. The Bertz CT molecular complexity index is 667. The van der Waals surface area contributed by atoms with Crippen LogP contribution in [-0.2, 0) is 0 Å². The van der Waals surface area contributed by atoms with Crippen LogP contribution in [0.2, 0.25) is 5.02 Å². The van der Waals surface area contributed by atoms with E-state index in [2.05, 4.69) is 10.1 Å². The lowest BCUT2D eigenvalue weighted by molar-refractivity contribution is -0.0493. The van der Waals surface area contributed by atoms with Gasteiger partial charge in [-0.3, -0.25) is 0 Å². The fourth-order valence-electron chi connectivity index (χ4n) is 1.72. The van der Waals surface area contributed by atoms with Crippen molar-refractivity contribution >= 4 is 40.2 Å². The molecule has 2 aromatic rings. The topological polar surface area (TPSA) is 47.3 Å². The summed E-state index contributed by atoms with van der Waals surface area (Å²) < 4.78 is 29.1. The first-order chi connectivity index (χ1) is 9.97. The summed E-state index contributed by atoms with van der Waals surface area (Å²) in [6, 6.07) is 11.3. The Balaban J connectivity index is 2.26. The number of para-hydroxylation sites is 2. The van der Waals surface area contributed by atoms with Crippen LogP contribution in [0.4, 0.5) is 20.2 Å². The van der Waals surface area contributed by atoms with E-state index in [1.54, 1.807) is 36.4 Å². The molecule has 3 nitrogen and oxygen atoms in total. The molecule has 7 heteroatoms. The standard InChI is InChI=1S/C14H11ClF2N2OS/c15-10-7-8(5-6-9(10)13(18)21)19-11-3-1-2-4-12(11)20-14(16)17/h1-7,14,19H,(H2,18,21). The smallest absolute Gasteiger partial charge is 0.387 e. The average molecular weight is 329 g/mol. The Morgan fingerprint density at radius 3 is 2.57 bits per heavy atom. The summed E-state index contributed by atoms with van der Waals surface area (Å²) in [4.78, 5) is 0.188. The van der Waals surface area contributed by atoms with Crippen molar-refractivity contribution in [3.63, 3.8) is 0 Å². The second kappa shape index (κ2) is 6.69. The zero-order chi connectivity index (χ0) is 15.4. The minimum absolute atomic E-state index is 0.0436. The van der Waals surface area contributed by atoms with E-state index in [0.717, 1.165) is 0 Å². The quantitative estimate of drug-likeness (QED) is 0.802. The minimum Gasteiger partial charge on any atom is -0.433 e. The first kappa shape index (κ1) is 15.5. The molecule has 0 saturated heterocycles. The third kappa shape index (κ3) is 4.03. The molecule has 0 fully saturated rings. The number of halogens is 3. The monoisotopic (exact) mass is 328 g/mol. The van der Waals surface area contributed by atoms with E-state index in [-0.39, 0.29) is 10.7 Å². The molecule has 0 aliphatic rings. The van der Waals surface area contributed by atoms with Crippen LogP contribution in [0.3, 0.4) is 0 Å². The van der Waals surface area contributed by atoms with Crippen molar-refractivity contribution in [2.45, 2.75) is 6.61 Å². The largest absolute Gasteiger partial charge is 0.433 e. The van der Waals surface area contributed by atoms with Crippen LogP contribution in [0.5, 0.6) is 5.75 Å². The van der Waals surface area contributed by atoms with Gasteiger partial charge in [0.1, 0.15) is 10.7 Å². The molecule has 3 N–H and O–H groups in total. The molecule has 21 heavy (non-hydrogen) atoms. The lowest BCUT2D eigenvalue weighted by atomic mass is 10.2. The predicted molar refractivity (Wildman–Crippen MR) is 83.7 cm³/mol. The van der Waals surface area contributed by atoms with Crippen LogP contribution in [0.25, 0.3) is 0 Å². The molecule has 0 radical (unpaired) electrons. The normalized spacial score (nSPS) is 10.5. The van der Waals surface area contributed by atoms with Crippen LogP contribution < -0.4 is 15.8 Å². The van der Waals surface area contributed by atoms with Crippen LogP contribution in [0, 0.1) is 0 Å². The van der Waals surface area contributed by atoms with Gasteiger partial charge in [-0.2, -0.15) is 8.78 Å². The molecule has 0 bridgehead atoms. The van der Waals surface area contributed by atoms with Crippen molar-refractivity contribution in [1.82, 2.24) is 0 Å². The summed E-state index contributed by atoms with van der Waals surface area (Å²) >= 11 is 10.9. The first-order valence-corrected chi connectivity index (χ1v) is 6.66. The summed E-state index contributed by atoms with van der Waals surface area (Å²) in [6.07, 6.45) is 0. The average Bonchev–Trinajstić information content (AvgIpc) is 2.40. The van der Waals surface area contributed by atoms with Gasteiger partial charge in [-0.05, 0) is 30.3 Å². The predicted octanol–water partition coefficient (Wildman–Crippen LogP) is 4.32. The number of anilines is 2. The molecule has 0 amide bonds. The maximum absolute atomic E-state index is 12.3. The van der Waals surface area contributed by atoms with Gasteiger partial charge < -0.3 is 15.8 Å². The minimum atomic E-state index is -2.89. The number of hydrogen-bond acceptors (Lipinski definition) is 3. The molecule has 2 aromatic carbocycles. The van der Waals surface area contributed by atoms with Crippen molar-refractivity contribution in [2.24, 2.45) is 5.73 Å². The van der Waals surface area contributed by atoms with Crippen LogP contribution >= 0.6 is 23.8 Å². The Morgan fingerprint density at radius 1 is 1.24 bits per heavy atom. The van der Waals surface area contributed by atoms with Crippen LogP contribution in [0.15, 0.2) is 42.5 Å². The van der Waals surface area contributed by atoms with E-state index in [9.17, 15) is 8.78 Å². The number of thiocarbonyl (C=S) groups is 1. The zero-order valence-corrected chi connectivity index (χ0v) is 12.2. The Kier molecular flexibility index (Phi) is 4.93. The number of benzene rings is 2. The molecule has 0 saturated carbocycles. The van der Waals surface area contributed by atoms with Gasteiger partial charge in [0.2, 0.25) is 0 Å². The van der Waals surface area contributed by atoms with Gasteiger partial charge in [0.15, 0.2) is 0 Å². The van der Waals surface area contributed by atoms with E-state index < -0.39 is 6.61 Å². The van der Waals surface area contributed by atoms with E-state index in [1.165, 1.54) is 6.07 Å². The van der Waals surface area contributed by atoms with E-state index >= 15 is 0 Å². The summed E-state index contributed by atoms with van der Waals surface area (Å²) in [5, 5.41) is 3.33. The molecule has 0 unspecified atom stereocenters. The van der Waals surface area contributed by atoms with Crippen molar-refractivity contribution in [3.05, 3.63) is 53.1 Å². The number of nitrogens with one attached hydrogen (secondary N) is 1. The Morgan fingerprint density at radius 2 is 1.95 bits per heavy atom. The van der Waals surface area contributed by atoms with Crippen LogP contribution in [-0.4, -0.2) is 11.6 Å². The maximum Gasteiger partial charge on any atom is 0.387 e. The van der Waals surface area contributed by atoms with Crippen molar-refractivity contribution in [3.8, 4) is 5.75 Å². The van der Waals surface area contributed by atoms with E-state index in [0.29, 0.717) is 22.0 Å². The summed E-state index contributed by atoms with van der Waals surface area (Å²) in [7, 11) is 0. The maximum atomic E-state index is 12.3. The Labute approximate surface area is 130 Å². The zero-order valence-electron chi connectivity index (χ0n) is 10.6. The number of hydrogen-bond donors (Lipinski definition) is 2. The molecule has 0 aromatic heterocycles. The first-order valence-electron chi connectivity index (χ1n) is 5.87. The molecule has 0 aliphatic carbocycles. The Hall–Kier alpha value is -1.92. The van der Waals surface area contributed by atoms with Crippen LogP contribution in [0.1, 0.15) is 5.56 Å². The van der Waals surface area contributed by atoms with Gasteiger partial charge in [-0.25, -0.2) is 0 Å². The highest BCUT2D eigenvalue weighted by Gasteiger charge is 2.10. The van der Waals surface area contributed by atoms with Gasteiger partial charge in [-0.15, -0.1) is 0 Å². The molecule has 110 valence electrons. The lowest BCUT2D eigenvalue weighted by Gasteiger charge is -2.13. The van der Waals surface area contributed by atoms with Gasteiger partial charge >= 0.3 is 6.61 Å². The molecule has 0 heterocycles. The van der Waals surface area contributed by atoms with Crippen molar-refractivity contribution < 1.29 is 13.5 Å². The summed E-state index contributed by atoms with van der Waals surface area (Å²) in [6.45, 7) is -2.89. The third-order valence-corrected chi connectivity index (χ3v) is 3.15. The van der Waals surface area contributed by atoms with E-state index in [1.807, 2.05) is 0 Å². The second-order valence-electron chi connectivity index (χ2n) is 4.06. The highest BCUT2D eigenvalue weighted by Crippen LogP contribution is 2.30. The SMILES string of the molecule is NC(=S)c1ccc(Nc2ccccc2OC(F)F)cc1Cl. The third-order valence-electron chi connectivity index (χ3n) is 2.62. The second-order valence-corrected chi connectivity index (χ2v) is 4.91.